The first kappa shape index (κ1) is 17.4. The van der Waals surface area contributed by atoms with Crippen molar-refractivity contribution in [3.05, 3.63) is 29.6 Å². The van der Waals surface area contributed by atoms with Crippen molar-refractivity contribution in [3.63, 3.8) is 0 Å². The van der Waals surface area contributed by atoms with Crippen molar-refractivity contribution in [2.45, 2.75) is 45.1 Å². The van der Waals surface area contributed by atoms with Crippen molar-refractivity contribution in [1.29, 1.82) is 0 Å². The molecule has 1 aromatic rings. The Morgan fingerprint density at radius 1 is 1.17 bits per heavy atom. The van der Waals surface area contributed by atoms with Crippen LogP contribution in [0.5, 0.6) is 0 Å². The highest BCUT2D eigenvalue weighted by Gasteiger charge is 2.26. The Morgan fingerprint density at radius 3 is 2.61 bits per heavy atom. The number of halogens is 1. The standard InChI is InChI=1S/C17H23FN2O3/c1-11-7-13(18)9-14(8-11)19-16(22)17(23)20-15-6-4-2-3-5-12(15)10-21/h7-9,12,15,21H,2-6,10H2,1H3,(H,19,22)(H,20,23). The van der Waals surface area contributed by atoms with E-state index in [4.69, 9.17) is 0 Å². The van der Waals surface area contributed by atoms with Gasteiger partial charge in [-0.25, -0.2) is 4.39 Å². The van der Waals surface area contributed by atoms with Crippen LogP contribution in [0.2, 0.25) is 0 Å². The Balaban J connectivity index is 1.97. The lowest BCUT2D eigenvalue weighted by atomic mass is 9.95. The molecule has 3 N–H and O–H groups in total. The number of hydrogen-bond acceptors (Lipinski definition) is 3. The Hall–Kier alpha value is -1.95. The Morgan fingerprint density at radius 2 is 1.91 bits per heavy atom. The summed E-state index contributed by atoms with van der Waals surface area (Å²) in [4.78, 5) is 24.0. The van der Waals surface area contributed by atoms with Gasteiger partial charge in [-0.1, -0.05) is 19.3 Å². The zero-order chi connectivity index (χ0) is 16.8. The molecule has 1 saturated carbocycles. The van der Waals surface area contributed by atoms with Crippen LogP contribution in [-0.2, 0) is 9.59 Å². The molecular weight excluding hydrogens is 299 g/mol. The minimum absolute atomic E-state index is 0.00431. The zero-order valence-corrected chi connectivity index (χ0v) is 13.3. The lowest BCUT2D eigenvalue weighted by Crippen LogP contribution is -2.45. The molecule has 2 unspecified atom stereocenters. The third-order valence-electron chi connectivity index (χ3n) is 4.22. The first-order chi connectivity index (χ1) is 11.0. The van der Waals surface area contributed by atoms with Crippen molar-refractivity contribution >= 4 is 17.5 Å². The van der Waals surface area contributed by atoms with Gasteiger partial charge >= 0.3 is 11.8 Å². The van der Waals surface area contributed by atoms with E-state index >= 15 is 0 Å². The smallest absolute Gasteiger partial charge is 0.313 e. The molecule has 0 heterocycles. The molecule has 2 amide bonds. The molecule has 1 aliphatic carbocycles. The van der Waals surface area contributed by atoms with Crippen LogP contribution >= 0.6 is 0 Å². The van der Waals surface area contributed by atoms with Gasteiger partial charge < -0.3 is 15.7 Å². The molecule has 126 valence electrons. The van der Waals surface area contributed by atoms with Gasteiger partial charge in [-0.3, -0.25) is 9.59 Å². The number of aryl methyl sites for hydroxylation is 1. The lowest BCUT2D eigenvalue weighted by Gasteiger charge is -2.24. The monoisotopic (exact) mass is 322 g/mol. The van der Waals surface area contributed by atoms with Gasteiger partial charge in [0.2, 0.25) is 0 Å². The number of rotatable bonds is 3. The molecule has 6 heteroatoms. The van der Waals surface area contributed by atoms with Gasteiger partial charge in [0.25, 0.3) is 0 Å². The second-order valence-corrected chi connectivity index (χ2v) is 6.13. The van der Waals surface area contributed by atoms with E-state index in [-0.39, 0.29) is 24.3 Å². The Bertz CT molecular complexity index is 557. The molecule has 23 heavy (non-hydrogen) atoms. The predicted molar refractivity (Wildman–Crippen MR) is 85.4 cm³/mol. The van der Waals surface area contributed by atoms with Crippen LogP contribution in [0.4, 0.5) is 10.1 Å². The van der Waals surface area contributed by atoms with Crippen LogP contribution in [0, 0.1) is 18.7 Å². The number of carbonyl (C=O) groups excluding carboxylic acids is 2. The third kappa shape index (κ3) is 5.03. The first-order valence-corrected chi connectivity index (χ1v) is 7.99. The highest BCUT2D eigenvalue weighted by molar-refractivity contribution is 6.39. The molecule has 1 aliphatic rings. The van der Waals surface area contributed by atoms with Gasteiger partial charge in [-0.05, 0) is 43.5 Å². The number of aliphatic hydroxyl groups excluding tert-OH is 1. The van der Waals surface area contributed by atoms with E-state index in [0.29, 0.717) is 5.56 Å². The SMILES string of the molecule is Cc1cc(F)cc(NC(=O)C(=O)NC2CCCCCC2CO)c1. The molecule has 0 saturated heterocycles. The van der Waals surface area contributed by atoms with E-state index in [1.54, 1.807) is 13.0 Å². The van der Waals surface area contributed by atoms with Crippen molar-refractivity contribution < 1.29 is 19.1 Å². The summed E-state index contributed by atoms with van der Waals surface area (Å²) in [6.45, 7) is 1.70. The fraction of sp³-hybridized carbons (Fsp3) is 0.529. The molecule has 1 aromatic carbocycles. The van der Waals surface area contributed by atoms with E-state index in [9.17, 15) is 19.1 Å². The summed E-state index contributed by atoms with van der Waals surface area (Å²) < 4.78 is 13.3. The van der Waals surface area contributed by atoms with E-state index < -0.39 is 17.6 Å². The summed E-state index contributed by atoms with van der Waals surface area (Å²) in [5, 5.41) is 14.6. The molecule has 1 fully saturated rings. The largest absolute Gasteiger partial charge is 0.396 e. The minimum Gasteiger partial charge on any atom is -0.396 e. The Kier molecular flexibility index (Phi) is 6.10. The summed E-state index contributed by atoms with van der Waals surface area (Å²) in [6, 6.07) is 3.90. The third-order valence-corrected chi connectivity index (χ3v) is 4.22. The normalized spacial score (nSPS) is 21.3. The number of aliphatic hydroxyl groups is 1. The average molecular weight is 322 g/mol. The number of hydrogen-bond donors (Lipinski definition) is 3. The van der Waals surface area contributed by atoms with Crippen LogP contribution in [-0.4, -0.2) is 29.6 Å². The topological polar surface area (TPSA) is 78.4 Å². The van der Waals surface area contributed by atoms with Crippen LogP contribution in [0.3, 0.4) is 0 Å². The summed E-state index contributed by atoms with van der Waals surface area (Å²) in [7, 11) is 0. The second kappa shape index (κ2) is 8.06. The van der Waals surface area contributed by atoms with Crippen LogP contribution < -0.4 is 10.6 Å². The number of carbonyl (C=O) groups is 2. The van der Waals surface area contributed by atoms with Crippen LogP contribution in [0.1, 0.15) is 37.7 Å². The van der Waals surface area contributed by atoms with Gasteiger partial charge in [-0.15, -0.1) is 0 Å². The summed E-state index contributed by atoms with van der Waals surface area (Å²) >= 11 is 0. The highest BCUT2D eigenvalue weighted by atomic mass is 19.1. The van der Waals surface area contributed by atoms with E-state index in [1.165, 1.54) is 12.1 Å². The van der Waals surface area contributed by atoms with Gasteiger partial charge in [0.15, 0.2) is 0 Å². The summed E-state index contributed by atoms with van der Waals surface area (Å²) in [5.74, 6) is -2.07. The lowest BCUT2D eigenvalue weighted by molar-refractivity contribution is -0.137. The molecule has 5 nitrogen and oxygen atoms in total. The van der Waals surface area contributed by atoms with Gasteiger partial charge in [0.1, 0.15) is 5.82 Å². The van der Waals surface area contributed by atoms with Crippen LogP contribution in [0.15, 0.2) is 18.2 Å². The van der Waals surface area contributed by atoms with Gasteiger partial charge in [-0.2, -0.15) is 0 Å². The molecular formula is C17H23FN2O3. The maximum atomic E-state index is 13.3. The number of anilines is 1. The molecule has 0 radical (unpaired) electrons. The van der Waals surface area contributed by atoms with Crippen molar-refractivity contribution in [1.82, 2.24) is 5.32 Å². The van der Waals surface area contributed by atoms with E-state index in [2.05, 4.69) is 10.6 Å². The van der Waals surface area contributed by atoms with E-state index in [0.717, 1.165) is 32.1 Å². The molecule has 0 spiro atoms. The number of nitrogens with one attached hydrogen (secondary N) is 2. The molecule has 0 aromatic heterocycles. The average Bonchev–Trinajstić information content (AvgIpc) is 2.71. The van der Waals surface area contributed by atoms with Crippen molar-refractivity contribution in [3.8, 4) is 0 Å². The molecule has 0 bridgehead atoms. The maximum absolute atomic E-state index is 13.3. The number of benzene rings is 1. The van der Waals surface area contributed by atoms with Crippen molar-refractivity contribution in [2.75, 3.05) is 11.9 Å². The molecule has 2 rings (SSSR count). The Labute approximate surface area is 135 Å². The van der Waals surface area contributed by atoms with Crippen molar-refractivity contribution in [2.24, 2.45) is 5.92 Å². The molecule has 2 atom stereocenters. The maximum Gasteiger partial charge on any atom is 0.313 e. The second-order valence-electron chi connectivity index (χ2n) is 6.13. The fourth-order valence-corrected chi connectivity index (χ4v) is 3.02. The van der Waals surface area contributed by atoms with Gasteiger partial charge in [0.05, 0.1) is 0 Å². The quantitative estimate of drug-likeness (QED) is 0.589. The predicted octanol–water partition coefficient (Wildman–Crippen LogP) is 2.13. The summed E-state index contributed by atoms with van der Waals surface area (Å²) in [6.07, 6.45) is 4.64. The van der Waals surface area contributed by atoms with E-state index in [1.807, 2.05) is 0 Å². The first-order valence-electron chi connectivity index (χ1n) is 7.99. The van der Waals surface area contributed by atoms with Gasteiger partial charge in [0, 0.05) is 24.3 Å². The zero-order valence-electron chi connectivity index (χ0n) is 13.3. The van der Waals surface area contributed by atoms with Crippen LogP contribution in [0.25, 0.3) is 0 Å². The number of amides is 2. The minimum atomic E-state index is -0.823. The highest BCUT2D eigenvalue weighted by Crippen LogP contribution is 2.23. The summed E-state index contributed by atoms with van der Waals surface area (Å²) in [5.41, 5.74) is 0.909. The molecule has 0 aliphatic heterocycles. The fourth-order valence-electron chi connectivity index (χ4n) is 3.02.